The molecule has 0 saturated heterocycles. The van der Waals surface area contributed by atoms with Gasteiger partial charge in [0.1, 0.15) is 17.1 Å². The Morgan fingerprint density at radius 3 is 2.65 bits per heavy atom. The van der Waals surface area contributed by atoms with Crippen LogP contribution in [0.4, 0.5) is 0 Å². The first kappa shape index (κ1) is 22.3. The number of methoxy groups -OCH3 is 1. The Hall–Kier alpha value is -3.49. The number of fused-ring (bicyclic) bond motifs is 1. The number of halogens is 2. The van der Waals surface area contributed by atoms with Crippen LogP contribution in [0, 0.1) is 0 Å². The minimum atomic E-state index is -0.569. The number of hydrogen-bond donors (Lipinski definition) is 3. The number of carbonyl (C=O) groups excluding carboxylic acids is 1. The van der Waals surface area contributed by atoms with Crippen molar-refractivity contribution in [2.75, 3.05) is 7.11 Å². The fourth-order valence-electron chi connectivity index (χ4n) is 4.30. The van der Waals surface area contributed by atoms with Gasteiger partial charge in [0, 0.05) is 22.7 Å². The molecule has 1 aliphatic rings. The van der Waals surface area contributed by atoms with E-state index in [1.54, 1.807) is 29.2 Å². The van der Waals surface area contributed by atoms with Crippen molar-refractivity contribution in [3.63, 3.8) is 0 Å². The summed E-state index contributed by atoms with van der Waals surface area (Å²) in [5.41, 5.74) is 3.43. The fraction of sp³-hybridized carbons (Fsp3) is 0.120. The first-order valence-corrected chi connectivity index (χ1v) is 11.5. The molecule has 5 rings (SSSR count). The van der Waals surface area contributed by atoms with Crippen LogP contribution in [0.25, 0.3) is 11.3 Å². The van der Waals surface area contributed by atoms with Crippen LogP contribution < -0.4 is 4.74 Å². The molecule has 1 unspecified atom stereocenters. The Morgan fingerprint density at radius 2 is 1.91 bits per heavy atom. The van der Waals surface area contributed by atoms with Crippen molar-refractivity contribution in [1.82, 2.24) is 15.1 Å². The number of aromatic amines is 1. The van der Waals surface area contributed by atoms with Gasteiger partial charge in [0.2, 0.25) is 0 Å². The number of benzene rings is 3. The van der Waals surface area contributed by atoms with Crippen LogP contribution in [0.3, 0.4) is 0 Å². The second kappa shape index (κ2) is 8.70. The molecule has 1 atom stereocenters. The second-order valence-electron chi connectivity index (χ2n) is 7.90. The monoisotopic (exact) mass is 539 g/mol. The summed E-state index contributed by atoms with van der Waals surface area (Å²) in [5.74, 6) is -0.00551. The van der Waals surface area contributed by atoms with Crippen LogP contribution in [-0.4, -0.2) is 38.3 Å². The van der Waals surface area contributed by atoms with E-state index in [1.165, 1.54) is 13.2 Å². The molecule has 9 heteroatoms. The third kappa shape index (κ3) is 3.69. The fourth-order valence-corrected chi connectivity index (χ4v) is 4.93. The average Bonchev–Trinajstić information content (AvgIpc) is 3.37. The quantitative estimate of drug-likeness (QED) is 0.303. The number of phenols is 2. The van der Waals surface area contributed by atoms with Crippen molar-refractivity contribution in [2.24, 2.45) is 0 Å². The minimum Gasteiger partial charge on any atom is -0.507 e. The number of aromatic nitrogens is 2. The van der Waals surface area contributed by atoms with Gasteiger partial charge in [-0.3, -0.25) is 9.89 Å². The van der Waals surface area contributed by atoms with E-state index in [-0.39, 0.29) is 23.2 Å². The predicted molar refractivity (Wildman–Crippen MR) is 131 cm³/mol. The van der Waals surface area contributed by atoms with Crippen LogP contribution in [0.5, 0.6) is 17.2 Å². The van der Waals surface area contributed by atoms with Gasteiger partial charge in [-0.05, 0) is 57.4 Å². The van der Waals surface area contributed by atoms with Crippen LogP contribution in [0.1, 0.15) is 33.2 Å². The minimum absolute atomic E-state index is 0.00382. The second-order valence-corrected chi connectivity index (χ2v) is 9.19. The molecular weight excluding hydrogens is 522 g/mol. The number of rotatable bonds is 5. The highest BCUT2D eigenvalue weighted by Gasteiger charge is 2.43. The Labute approximate surface area is 208 Å². The lowest BCUT2D eigenvalue weighted by atomic mass is 9.95. The van der Waals surface area contributed by atoms with Crippen molar-refractivity contribution in [3.8, 4) is 28.5 Å². The standard InChI is InChI=1S/C25H19BrClN3O4/c1-34-19-10-14(9-17(26)24(19)32)23-20-21(16-11-15(27)7-8-18(16)31)28-29-22(20)25(33)30(23)12-13-5-3-2-4-6-13/h2-11,23,31-32H,12H2,1H3,(H,28,29). The summed E-state index contributed by atoms with van der Waals surface area (Å²) >= 11 is 9.59. The Morgan fingerprint density at radius 1 is 1.15 bits per heavy atom. The molecular formula is C25H19BrClN3O4. The molecule has 0 fully saturated rings. The molecule has 0 spiro atoms. The van der Waals surface area contributed by atoms with Gasteiger partial charge in [0.15, 0.2) is 11.5 Å². The molecule has 3 N–H and O–H groups in total. The average molecular weight is 541 g/mol. The van der Waals surface area contributed by atoms with E-state index in [0.29, 0.717) is 44.1 Å². The normalized spacial score (nSPS) is 15.0. The first-order chi connectivity index (χ1) is 16.4. The summed E-state index contributed by atoms with van der Waals surface area (Å²) in [5, 5.41) is 28.6. The van der Waals surface area contributed by atoms with Crippen LogP contribution >= 0.6 is 27.5 Å². The van der Waals surface area contributed by atoms with Gasteiger partial charge >= 0.3 is 0 Å². The topological polar surface area (TPSA) is 98.7 Å². The number of ether oxygens (including phenoxy) is 1. The van der Waals surface area contributed by atoms with Gasteiger partial charge < -0.3 is 19.8 Å². The predicted octanol–water partition coefficient (Wildman–Crippen LogP) is 5.66. The molecule has 0 radical (unpaired) electrons. The van der Waals surface area contributed by atoms with Crippen molar-refractivity contribution in [2.45, 2.75) is 12.6 Å². The largest absolute Gasteiger partial charge is 0.507 e. The van der Waals surface area contributed by atoms with Gasteiger partial charge in [-0.1, -0.05) is 41.9 Å². The maximum absolute atomic E-state index is 13.6. The number of amides is 1. The number of hydrogen-bond acceptors (Lipinski definition) is 5. The number of nitrogens with one attached hydrogen (secondary N) is 1. The van der Waals surface area contributed by atoms with Crippen LogP contribution in [-0.2, 0) is 6.54 Å². The summed E-state index contributed by atoms with van der Waals surface area (Å²) < 4.78 is 5.79. The van der Waals surface area contributed by atoms with Crippen molar-refractivity contribution >= 4 is 33.4 Å². The molecule has 1 aliphatic heterocycles. The Kier molecular flexibility index (Phi) is 5.71. The van der Waals surface area contributed by atoms with E-state index in [9.17, 15) is 15.0 Å². The molecule has 0 saturated carbocycles. The molecule has 1 amide bonds. The maximum Gasteiger partial charge on any atom is 0.273 e. The van der Waals surface area contributed by atoms with Gasteiger partial charge in [-0.15, -0.1) is 0 Å². The zero-order valence-electron chi connectivity index (χ0n) is 17.9. The van der Waals surface area contributed by atoms with E-state index in [1.807, 2.05) is 30.3 Å². The molecule has 4 aromatic rings. The molecule has 7 nitrogen and oxygen atoms in total. The first-order valence-electron chi connectivity index (χ1n) is 10.4. The van der Waals surface area contributed by atoms with E-state index in [2.05, 4.69) is 26.1 Å². The van der Waals surface area contributed by atoms with Crippen molar-refractivity contribution in [1.29, 1.82) is 0 Å². The molecule has 0 bridgehead atoms. The zero-order valence-corrected chi connectivity index (χ0v) is 20.3. The lowest BCUT2D eigenvalue weighted by Crippen LogP contribution is -2.29. The highest BCUT2D eigenvalue weighted by atomic mass is 79.9. The summed E-state index contributed by atoms with van der Waals surface area (Å²) in [6, 6.07) is 17.2. The lowest BCUT2D eigenvalue weighted by molar-refractivity contribution is 0.0730. The van der Waals surface area contributed by atoms with Crippen molar-refractivity contribution in [3.05, 3.63) is 92.5 Å². The number of nitrogens with zero attached hydrogens (tertiary/aromatic N) is 2. The number of carbonyl (C=O) groups is 1. The summed E-state index contributed by atoms with van der Waals surface area (Å²) in [6.45, 7) is 0.342. The molecule has 0 aliphatic carbocycles. The third-order valence-corrected chi connectivity index (χ3v) is 6.70. The van der Waals surface area contributed by atoms with Crippen LogP contribution in [0.2, 0.25) is 5.02 Å². The van der Waals surface area contributed by atoms with Crippen LogP contribution in [0.15, 0.2) is 65.1 Å². The zero-order chi connectivity index (χ0) is 24.0. The number of H-pyrrole nitrogens is 1. The highest BCUT2D eigenvalue weighted by molar-refractivity contribution is 9.10. The molecule has 34 heavy (non-hydrogen) atoms. The van der Waals surface area contributed by atoms with Crippen molar-refractivity contribution < 1.29 is 19.7 Å². The number of aromatic hydroxyl groups is 2. The maximum atomic E-state index is 13.6. The molecule has 172 valence electrons. The molecule has 2 heterocycles. The molecule has 3 aromatic carbocycles. The Bertz CT molecular complexity index is 1410. The summed E-state index contributed by atoms with van der Waals surface area (Å²) in [7, 11) is 1.46. The smallest absolute Gasteiger partial charge is 0.273 e. The van der Waals surface area contributed by atoms with Gasteiger partial charge in [0.05, 0.1) is 17.6 Å². The third-order valence-electron chi connectivity index (χ3n) is 5.86. The van der Waals surface area contributed by atoms with Gasteiger partial charge in [-0.25, -0.2) is 0 Å². The van der Waals surface area contributed by atoms with E-state index >= 15 is 0 Å². The summed E-state index contributed by atoms with van der Waals surface area (Å²) in [6.07, 6.45) is 0. The summed E-state index contributed by atoms with van der Waals surface area (Å²) in [4.78, 5) is 15.3. The molecule has 1 aromatic heterocycles. The van der Waals surface area contributed by atoms with E-state index < -0.39 is 6.04 Å². The van der Waals surface area contributed by atoms with E-state index in [0.717, 1.165) is 5.56 Å². The highest BCUT2D eigenvalue weighted by Crippen LogP contribution is 2.48. The number of phenolic OH excluding ortho intramolecular Hbond substituents is 2. The van der Waals surface area contributed by atoms with Gasteiger partial charge in [0.25, 0.3) is 5.91 Å². The SMILES string of the molecule is COc1cc(C2c3c(-c4cc(Cl)ccc4O)n[nH]c3C(=O)N2Cc2ccccc2)cc(Br)c1O. The van der Waals surface area contributed by atoms with E-state index in [4.69, 9.17) is 16.3 Å². The lowest BCUT2D eigenvalue weighted by Gasteiger charge is -2.27. The Balaban J connectivity index is 1.72. The van der Waals surface area contributed by atoms with Gasteiger partial charge in [-0.2, -0.15) is 5.10 Å².